The van der Waals surface area contributed by atoms with Gasteiger partial charge < -0.3 is 4.52 Å². The third-order valence-corrected chi connectivity index (χ3v) is 7.87. The minimum absolute atomic E-state index is 0.430. The van der Waals surface area contributed by atoms with Crippen molar-refractivity contribution < 1.29 is 9.09 Å². The summed E-state index contributed by atoms with van der Waals surface area (Å²) in [5, 5.41) is 2.77. The SMILES string of the molecule is CCOP(=O)(NC=NCC(C)C)SSCC. The van der Waals surface area contributed by atoms with E-state index in [0.717, 1.165) is 12.3 Å². The van der Waals surface area contributed by atoms with Crippen LogP contribution in [0.3, 0.4) is 0 Å². The lowest BCUT2D eigenvalue weighted by molar-refractivity contribution is 0.343. The molecule has 1 atom stereocenters. The molecule has 0 aliphatic rings. The normalized spacial score (nSPS) is 15.6. The number of hydrogen-bond acceptors (Lipinski definition) is 5. The maximum atomic E-state index is 12.1. The standard InChI is InChI=1S/C9H21N2O2PS2/c1-5-13-14(12,16-15-6-2)11-8-10-7-9(3)4/h8-9H,5-7H2,1-4H3,(H,10,11,12). The number of nitrogens with one attached hydrogen (secondary N) is 1. The van der Waals surface area contributed by atoms with Gasteiger partial charge in [0.2, 0.25) is 0 Å². The fourth-order valence-corrected chi connectivity index (χ4v) is 6.14. The Hall–Kier alpha value is 0.360. The molecule has 7 heteroatoms. The van der Waals surface area contributed by atoms with Crippen LogP contribution in [-0.4, -0.2) is 25.2 Å². The van der Waals surface area contributed by atoms with Crippen LogP contribution in [0.5, 0.6) is 0 Å². The number of hydrogen-bond donors (Lipinski definition) is 1. The van der Waals surface area contributed by atoms with Gasteiger partial charge in [0.25, 0.3) is 0 Å². The van der Waals surface area contributed by atoms with Gasteiger partial charge in [-0.05, 0) is 12.8 Å². The molecule has 0 aromatic rings. The van der Waals surface area contributed by atoms with Gasteiger partial charge in [-0.3, -0.25) is 14.6 Å². The highest BCUT2D eigenvalue weighted by atomic mass is 33.3. The monoisotopic (exact) mass is 284 g/mol. The predicted molar refractivity (Wildman–Crippen MR) is 76.3 cm³/mol. The molecule has 0 aromatic carbocycles. The second kappa shape index (κ2) is 9.40. The van der Waals surface area contributed by atoms with Crippen molar-refractivity contribution in [3.63, 3.8) is 0 Å². The number of rotatable bonds is 9. The highest BCUT2D eigenvalue weighted by Crippen LogP contribution is 2.60. The summed E-state index contributed by atoms with van der Waals surface area (Å²) in [6.45, 7) is 6.36. The van der Waals surface area contributed by atoms with Crippen LogP contribution in [0.4, 0.5) is 0 Å². The van der Waals surface area contributed by atoms with Crippen molar-refractivity contribution in [3.05, 3.63) is 0 Å². The Morgan fingerprint density at radius 3 is 2.69 bits per heavy atom. The van der Waals surface area contributed by atoms with Crippen LogP contribution in [0.25, 0.3) is 0 Å². The average Bonchev–Trinajstić information content (AvgIpc) is 2.22. The summed E-state index contributed by atoms with van der Waals surface area (Å²) in [7, 11) is 2.78. The molecule has 0 spiro atoms. The molecule has 0 aliphatic carbocycles. The minimum Gasteiger partial charge on any atom is -0.306 e. The maximum Gasteiger partial charge on any atom is 0.362 e. The van der Waals surface area contributed by atoms with Gasteiger partial charge in [0.15, 0.2) is 0 Å². The molecule has 0 aliphatic heterocycles. The van der Waals surface area contributed by atoms with Gasteiger partial charge in [0, 0.05) is 22.7 Å². The van der Waals surface area contributed by atoms with E-state index >= 15 is 0 Å². The summed E-state index contributed by atoms with van der Waals surface area (Å²) < 4.78 is 17.4. The summed E-state index contributed by atoms with van der Waals surface area (Å²) in [4.78, 5) is 4.14. The molecule has 1 unspecified atom stereocenters. The number of nitrogens with zero attached hydrogens (tertiary/aromatic N) is 1. The first kappa shape index (κ1) is 16.4. The van der Waals surface area contributed by atoms with Crippen LogP contribution in [-0.2, 0) is 9.09 Å². The lowest BCUT2D eigenvalue weighted by Gasteiger charge is -2.14. The molecule has 96 valence electrons. The fourth-order valence-electron chi connectivity index (χ4n) is 0.747. The Morgan fingerprint density at radius 2 is 2.19 bits per heavy atom. The lowest BCUT2D eigenvalue weighted by atomic mass is 10.2. The first-order valence-electron chi connectivity index (χ1n) is 5.36. The van der Waals surface area contributed by atoms with Crippen molar-refractivity contribution in [1.29, 1.82) is 0 Å². The summed E-state index contributed by atoms with van der Waals surface area (Å²) in [6, 6.07) is 0. The van der Waals surface area contributed by atoms with Crippen molar-refractivity contribution in [2.45, 2.75) is 27.7 Å². The highest BCUT2D eigenvalue weighted by Gasteiger charge is 2.22. The predicted octanol–water partition coefficient (Wildman–Crippen LogP) is 3.81. The quantitative estimate of drug-likeness (QED) is 0.302. The number of aliphatic imine (C=N–C) groups is 1. The molecular weight excluding hydrogens is 263 g/mol. The van der Waals surface area contributed by atoms with E-state index in [0.29, 0.717) is 12.5 Å². The van der Waals surface area contributed by atoms with Gasteiger partial charge in [0.05, 0.1) is 12.9 Å². The second-order valence-corrected chi connectivity index (χ2v) is 9.83. The Morgan fingerprint density at radius 1 is 1.50 bits per heavy atom. The Bertz CT molecular complexity index is 250. The summed E-state index contributed by atoms with van der Waals surface area (Å²) in [6.07, 6.45) is 1.50. The molecule has 0 rings (SSSR count). The van der Waals surface area contributed by atoms with Gasteiger partial charge in [-0.1, -0.05) is 31.6 Å². The van der Waals surface area contributed by atoms with Crippen LogP contribution < -0.4 is 5.09 Å². The molecule has 0 radical (unpaired) electrons. The van der Waals surface area contributed by atoms with E-state index in [2.05, 4.69) is 23.9 Å². The third kappa shape index (κ3) is 8.50. The van der Waals surface area contributed by atoms with Gasteiger partial charge in [-0.25, -0.2) is 0 Å². The van der Waals surface area contributed by atoms with Crippen molar-refractivity contribution in [3.8, 4) is 0 Å². The van der Waals surface area contributed by atoms with Crippen LogP contribution in [0.1, 0.15) is 27.7 Å². The Labute approximate surface area is 106 Å². The zero-order valence-electron chi connectivity index (χ0n) is 10.3. The largest absolute Gasteiger partial charge is 0.362 e. The molecule has 1 N–H and O–H groups in total. The smallest absolute Gasteiger partial charge is 0.306 e. The second-order valence-electron chi connectivity index (χ2n) is 3.41. The molecule has 4 nitrogen and oxygen atoms in total. The third-order valence-electron chi connectivity index (χ3n) is 1.35. The van der Waals surface area contributed by atoms with Gasteiger partial charge in [-0.2, -0.15) is 0 Å². The molecule has 0 saturated heterocycles. The minimum atomic E-state index is -2.82. The highest BCUT2D eigenvalue weighted by molar-refractivity contribution is 8.99. The maximum absolute atomic E-state index is 12.1. The van der Waals surface area contributed by atoms with Crippen molar-refractivity contribution >= 4 is 34.3 Å². The Kier molecular flexibility index (Phi) is 9.61. The van der Waals surface area contributed by atoms with E-state index in [1.165, 1.54) is 27.5 Å². The fraction of sp³-hybridized carbons (Fsp3) is 0.889. The zero-order chi connectivity index (χ0) is 12.4. The van der Waals surface area contributed by atoms with E-state index in [9.17, 15) is 4.57 Å². The van der Waals surface area contributed by atoms with Crippen LogP contribution in [0.2, 0.25) is 0 Å². The summed E-state index contributed by atoms with van der Waals surface area (Å²) in [5.74, 6) is 1.40. The van der Waals surface area contributed by atoms with E-state index < -0.39 is 6.72 Å². The molecule has 0 fully saturated rings. The summed E-state index contributed by atoms with van der Waals surface area (Å²) in [5.41, 5.74) is 0. The van der Waals surface area contributed by atoms with Crippen molar-refractivity contribution in [1.82, 2.24) is 5.09 Å². The molecule has 0 saturated carbocycles. The molecular formula is C9H21N2O2PS2. The van der Waals surface area contributed by atoms with Crippen LogP contribution >= 0.6 is 27.9 Å². The molecule has 0 heterocycles. The first-order chi connectivity index (χ1) is 7.54. The zero-order valence-corrected chi connectivity index (χ0v) is 12.8. The topological polar surface area (TPSA) is 50.7 Å². The van der Waals surface area contributed by atoms with Crippen molar-refractivity contribution in [2.24, 2.45) is 10.9 Å². The van der Waals surface area contributed by atoms with E-state index in [1.807, 2.05) is 13.8 Å². The molecule has 0 amide bonds. The first-order valence-corrected chi connectivity index (χ1v) is 9.90. The van der Waals surface area contributed by atoms with Crippen LogP contribution in [0.15, 0.2) is 4.99 Å². The lowest BCUT2D eigenvalue weighted by Crippen LogP contribution is -2.08. The van der Waals surface area contributed by atoms with Gasteiger partial charge >= 0.3 is 6.72 Å². The van der Waals surface area contributed by atoms with E-state index in [1.54, 1.807) is 0 Å². The average molecular weight is 284 g/mol. The van der Waals surface area contributed by atoms with Gasteiger partial charge in [0.1, 0.15) is 0 Å². The van der Waals surface area contributed by atoms with Crippen molar-refractivity contribution in [2.75, 3.05) is 18.9 Å². The Balaban J connectivity index is 4.10. The summed E-state index contributed by atoms with van der Waals surface area (Å²) >= 11 is 0. The van der Waals surface area contributed by atoms with E-state index in [4.69, 9.17) is 4.52 Å². The molecule has 0 bridgehead atoms. The van der Waals surface area contributed by atoms with Gasteiger partial charge in [-0.15, -0.1) is 0 Å². The molecule has 0 aromatic heterocycles. The van der Waals surface area contributed by atoms with Crippen LogP contribution in [0, 0.1) is 5.92 Å². The molecule has 16 heavy (non-hydrogen) atoms. The van der Waals surface area contributed by atoms with E-state index in [-0.39, 0.29) is 0 Å².